The van der Waals surface area contributed by atoms with Crippen LogP contribution < -0.4 is 10.5 Å². The molecule has 0 fully saturated rings. The number of fused-ring (bicyclic) bond motifs is 1. The lowest BCUT2D eigenvalue weighted by Crippen LogP contribution is -2.20. The number of nitrogens with zero attached hydrogens (tertiary/aromatic N) is 4. The standard InChI is InChI=1S/C10H12N4OS/c1-7(2)6-13(3)10-12-14-8(15)4-5-11-9(14)16-10/h4-5H,1,6H2,2-3H3. The van der Waals surface area contributed by atoms with Gasteiger partial charge in [0.25, 0.3) is 5.56 Å². The summed E-state index contributed by atoms with van der Waals surface area (Å²) in [4.78, 5) is 18.1. The third-order valence-corrected chi connectivity index (χ3v) is 3.03. The molecule has 0 aliphatic carbocycles. The van der Waals surface area contributed by atoms with Gasteiger partial charge in [-0.1, -0.05) is 23.5 Å². The van der Waals surface area contributed by atoms with Crippen molar-refractivity contribution in [1.82, 2.24) is 14.6 Å². The summed E-state index contributed by atoms with van der Waals surface area (Å²) in [6.45, 7) is 6.51. The van der Waals surface area contributed by atoms with Gasteiger partial charge in [-0.25, -0.2) is 4.98 Å². The second kappa shape index (κ2) is 4.05. The normalized spacial score (nSPS) is 10.6. The van der Waals surface area contributed by atoms with Crippen molar-refractivity contribution in [3.05, 3.63) is 34.8 Å². The van der Waals surface area contributed by atoms with E-state index in [2.05, 4.69) is 16.7 Å². The molecule has 0 unspecified atom stereocenters. The maximum absolute atomic E-state index is 11.5. The fourth-order valence-electron chi connectivity index (χ4n) is 1.36. The van der Waals surface area contributed by atoms with Crippen molar-refractivity contribution in [2.75, 3.05) is 18.5 Å². The number of likely N-dealkylation sites (N-methyl/N-ethyl adjacent to an activating group) is 1. The molecule has 84 valence electrons. The van der Waals surface area contributed by atoms with Crippen LogP contribution in [0.1, 0.15) is 6.92 Å². The van der Waals surface area contributed by atoms with E-state index in [0.717, 1.165) is 10.7 Å². The van der Waals surface area contributed by atoms with E-state index in [1.165, 1.54) is 28.1 Å². The quantitative estimate of drug-likeness (QED) is 0.750. The molecule has 0 atom stereocenters. The first kappa shape index (κ1) is 10.8. The number of aromatic nitrogens is 3. The van der Waals surface area contributed by atoms with Gasteiger partial charge in [-0.15, -0.1) is 5.10 Å². The van der Waals surface area contributed by atoms with E-state index in [1.54, 1.807) is 0 Å². The Hall–Kier alpha value is -1.69. The van der Waals surface area contributed by atoms with E-state index in [4.69, 9.17) is 0 Å². The van der Waals surface area contributed by atoms with Crippen LogP contribution in [0.25, 0.3) is 4.96 Å². The molecule has 0 aromatic carbocycles. The monoisotopic (exact) mass is 236 g/mol. The number of hydrogen-bond donors (Lipinski definition) is 0. The highest BCUT2D eigenvalue weighted by Crippen LogP contribution is 2.19. The predicted octanol–water partition coefficient (Wildman–Crippen LogP) is 1.16. The van der Waals surface area contributed by atoms with Crippen LogP contribution in [0.5, 0.6) is 0 Å². The summed E-state index contributed by atoms with van der Waals surface area (Å²) >= 11 is 1.39. The Morgan fingerprint density at radius 3 is 3.06 bits per heavy atom. The Labute approximate surface area is 96.7 Å². The van der Waals surface area contributed by atoms with Crippen molar-refractivity contribution in [2.24, 2.45) is 0 Å². The molecule has 0 N–H and O–H groups in total. The van der Waals surface area contributed by atoms with Crippen LogP contribution in [0.3, 0.4) is 0 Å². The number of rotatable bonds is 3. The zero-order valence-corrected chi connectivity index (χ0v) is 9.99. The highest BCUT2D eigenvalue weighted by atomic mass is 32.1. The molecule has 2 aromatic heterocycles. The Morgan fingerprint density at radius 1 is 1.69 bits per heavy atom. The van der Waals surface area contributed by atoms with Crippen molar-refractivity contribution < 1.29 is 0 Å². The van der Waals surface area contributed by atoms with Crippen LogP contribution >= 0.6 is 11.3 Å². The first-order valence-electron chi connectivity index (χ1n) is 4.78. The molecule has 0 bridgehead atoms. The molecule has 0 aliphatic heterocycles. The van der Waals surface area contributed by atoms with Crippen LogP contribution in [-0.4, -0.2) is 28.2 Å². The Balaban J connectivity index is 2.43. The van der Waals surface area contributed by atoms with Gasteiger partial charge in [0.1, 0.15) is 0 Å². The first-order valence-corrected chi connectivity index (χ1v) is 5.60. The maximum Gasteiger partial charge on any atom is 0.275 e. The minimum atomic E-state index is -0.156. The SMILES string of the molecule is C=C(C)CN(C)c1nn2c(=O)ccnc2s1. The van der Waals surface area contributed by atoms with Crippen LogP contribution in [0.15, 0.2) is 29.2 Å². The van der Waals surface area contributed by atoms with Gasteiger partial charge in [0.05, 0.1) is 0 Å². The molecule has 0 aliphatic rings. The molecule has 2 rings (SSSR count). The number of anilines is 1. The molecular weight excluding hydrogens is 224 g/mol. The van der Waals surface area contributed by atoms with Gasteiger partial charge in [-0.05, 0) is 6.92 Å². The van der Waals surface area contributed by atoms with Gasteiger partial charge in [-0.2, -0.15) is 4.52 Å². The summed E-state index contributed by atoms with van der Waals surface area (Å²) in [5, 5.41) is 4.97. The summed E-state index contributed by atoms with van der Waals surface area (Å²) < 4.78 is 1.31. The van der Waals surface area contributed by atoms with Gasteiger partial charge >= 0.3 is 0 Å². The highest BCUT2D eigenvalue weighted by Gasteiger charge is 2.09. The molecule has 5 nitrogen and oxygen atoms in total. The van der Waals surface area contributed by atoms with Crippen molar-refractivity contribution in [1.29, 1.82) is 0 Å². The van der Waals surface area contributed by atoms with E-state index >= 15 is 0 Å². The van der Waals surface area contributed by atoms with Gasteiger partial charge in [0, 0.05) is 25.9 Å². The Bertz CT molecular complexity index is 586. The number of hydrogen-bond acceptors (Lipinski definition) is 5. The van der Waals surface area contributed by atoms with Gasteiger partial charge in [0.2, 0.25) is 10.1 Å². The zero-order valence-electron chi connectivity index (χ0n) is 9.17. The van der Waals surface area contributed by atoms with Gasteiger partial charge in [-0.3, -0.25) is 4.79 Å². The predicted molar refractivity (Wildman–Crippen MR) is 65.2 cm³/mol. The lowest BCUT2D eigenvalue weighted by atomic mass is 10.3. The van der Waals surface area contributed by atoms with Crippen LogP contribution in [0, 0.1) is 0 Å². The first-order chi connectivity index (χ1) is 7.58. The van der Waals surface area contributed by atoms with Crippen molar-refractivity contribution in [3.8, 4) is 0 Å². The minimum absolute atomic E-state index is 0.156. The van der Waals surface area contributed by atoms with E-state index in [1.807, 2.05) is 18.9 Å². The summed E-state index contributed by atoms with van der Waals surface area (Å²) in [6.07, 6.45) is 1.50. The van der Waals surface area contributed by atoms with E-state index in [0.29, 0.717) is 11.5 Å². The zero-order chi connectivity index (χ0) is 11.7. The fraction of sp³-hybridized carbons (Fsp3) is 0.300. The topological polar surface area (TPSA) is 50.5 Å². The molecular formula is C10H12N4OS. The third-order valence-electron chi connectivity index (χ3n) is 1.99. The molecule has 2 heterocycles. The largest absolute Gasteiger partial charge is 0.346 e. The van der Waals surface area contributed by atoms with Crippen LogP contribution in [0.4, 0.5) is 5.13 Å². The van der Waals surface area contributed by atoms with Crippen molar-refractivity contribution in [2.45, 2.75) is 6.92 Å². The molecule has 0 radical (unpaired) electrons. The molecule has 0 amide bonds. The molecule has 6 heteroatoms. The van der Waals surface area contributed by atoms with E-state index in [-0.39, 0.29) is 5.56 Å². The molecule has 0 saturated carbocycles. The lowest BCUT2D eigenvalue weighted by molar-refractivity contribution is 0.865. The summed E-state index contributed by atoms with van der Waals surface area (Å²) in [7, 11) is 1.91. The molecule has 0 spiro atoms. The van der Waals surface area contributed by atoms with Crippen molar-refractivity contribution in [3.63, 3.8) is 0 Å². The van der Waals surface area contributed by atoms with Gasteiger partial charge < -0.3 is 4.90 Å². The minimum Gasteiger partial charge on any atom is -0.346 e. The van der Waals surface area contributed by atoms with Crippen LogP contribution in [-0.2, 0) is 0 Å². The summed E-state index contributed by atoms with van der Waals surface area (Å²) in [6, 6.07) is 1.40. The second-order valence-electron chi connectivity index (χ2n) is 3.68. The summed E-state index contributed by atoms with van der Waals surface area (Å²) in [5.74, 6) is 0. The maximum atomic E-state index is 11.5. The lowest BCUT2D eigenvalue weighted by Gasteiger charge is -2.13. The molecule has 0 saturated heterocycles. The average molecular weight is 236 g/mol. The third kappa shape index (κ3) is 1.96. The van der Waals surface area contributed by atoms with E-state index in [9.17, 15) is 4.79 Å². The smallest absolute Gasteiger partial charge is 0.275 e. The fourth-order valence-corrected chi connectivity index (χ4v) is 2.20. The highest BCUT2D eigenvalue weighted by molar-refractivity contribution is 7.20. The molecule has 16 heavy (non-hydrogen) atoms. The molecule has 2 aromatic rings. The average Bonchev–Trinajstić information content (AvgIpc) is 2.61. The second-order valence-corrected chi connectivity index (χ2v) is 4.61. The van der Waals surface area contributed by atoms with Gasteiger partial charge in [0.15, 0.2) is 0 Å². The Morgan fingerprint density at radius 2 is 2.44 bits per heavy atom. The van der Waals surface area contributed by atoms with Crippen LogP contribution in [0.2, 0.25) is 0 Å². The Kier molecular flexibility index (Phi) is 2.74. The van der Waals surface area contributed by atoms with E-state index < -0.39 is 0 Å². The van der Waals surface area contributed by atoms with Crippen molar-refractivity contribution >= 4 is 21.4 Å². The summed E-state index contributed by atoms with van der Waals surface area (Å²) in [5.41, 5.74) is 0.887.